The van der Waals surface area contributed by atoms with Crippen molar-refractivity contribution in [1.29, 1.82) is 0 Å². The van der Waals surface area contributed by atoms with Gasteiger partial charge in [0.05, 0.1) is 38.3 Å². The number of hydrogen-bond donors (Lipinski definition) is 0. The van der Waals surface area contributed by atoms with Gasteiger partial charge >= 0.3 is 6.09 Å². The van der Waals surface area contributed by atoms with Crippen molar-refractivity contribution in [2.24, 2.45) is 0 Å². The van der Waals surface area contributed by atoms with Crippen LogP contribution >= 0.6 is 0 Å². The van der Waals surface area contributed by atoms with Crippen LogP contribution in [0.2, 0.25) is 0 Å². The highest BCUT2D eigenvalue weighted by Crippen LogP contribution is 2.36. The summed E-state index contributed by atoms with van der Waals surface area (Å²) in [6, 6.07) is 2.93. The fraction of sp³-hybridized carbons (Fsp3) is 0.556. The normalized spacial score (nSPS) is 14.4. The quantitative estimate of drug-likeness (QED) is 0.664. The lowest BCUT2D eigenvalue weighted by molar-refractivity contribution is 0.0571. The molecule has 0 radical (unpaired) electrons. The Bertz CT molecular complexity index is 864. The van der Waals surface area contributed by atoms with Gasteiger partial charge in [0.1, 0.15) is 0 Å². The second-order valence-corrected chi connectivity index (χ2v) is 8.45. The molecule has 1 aliphatic rings. The van der Waals surface area contributed by atoms with E-state index in [1.54, 1.807) is 11.8 Å². The van der Waals surface area contributed by atoms with Crippen LogP contribution in [0.15, 0.2) is 12.1 Å². The summed E-state index contributed by atoms with van der Waals surface area (Å²) >= 11 is 0. The summed E-state index contributed by atoms with van der Waals surface area (Å²) in [6.07, 6.45) is 0.638. The van der Waals surface area contributed by atoms with Gasteiger partial charge in [-0.15, -0.1) is 0 Å². The predicted molar refractivity (Wildman–Crippen MR) is 107 cm³/mol. The molecule has 2 amide bonds. The van der Waals surface area contributed by atoms with Gasteiger partial charge in [0.2, 0.25) is 10.0 Å². The van der Waals surface area contributed by atoms with Crippen molar-refractivity contribution in [2.75, 3.05) is 64.6 Å². The molecule has 1 fully saturated rings. The topological polar surface area (TPSA) is 106 Å². The number of piperazine rings is 1. The molecule has 2 rings (SSSR count). The molecular formula is C18H27N3O7S. The van der Waals surface area contributed by atoms with Gasteiger partial charge in [-0.2, -0.15) is 0 Å². The third-order valence-corrected chi connectivity index (χ3v) is 5.85. The van der Waals surface area contributed by atoms with Gasteiger partial charge in [-0.1, -0.05) is 0 Å². The fourth-order valence-electron chi connectivity index (χ4n) is 2.96. The van der Waals surface area contributed by atoms with Crippen LogP contribution in [0.4, 0.5) is 10.5 Å². The van der Waals surface area contributed by atoms with Gasteiger partial charge in [-0.05, 0) is 13.0 Å². The molecule has 0 aliphatic carbocycles. The average molecular weight is 429 g/mol. The number of hydrogen-bond acceptors (Lipinski definition) is 7. The Labute approximate surface area is 171 Å². The highest BCUT2D eigenvalue weighted by Gasteiger charge is 2.30. The maximum absolute atomic E-state index is 13.2. The second kappa shape index (κ2) is 9.21. The largest absolute Gasteiger partial charge is 0.493 e. The summed E-state index contributed by atoms with van der Waals surface area (Å²) in [5.74, 6) is 0.258. The summed E-state index contributed by atoms with van der Waals surface area (Å²) in [4.78, 5) is 28.1. The van der Waals surface area contributed by atoms with Crippen LogP contribution in [-0.2, 0) is 14.8 Å². The molecule has 1 aliphatic heterocycles. The lowest BCUT2D eigenvalue weighted by Crippen LogP contribution is -2.51. The number of amides is 2. The van der Waals surface area contributed by atoms with Gasteiger partial charge in [0.15, 0.2) is 11.5 Å². The Morgan fingerprint density at radius 2 is 1.55 bits per heavy atom. The molecule has 1 aromatic carbocycles. The average Bonchev–Trinajstić information content (AvgIpc) is 2.71. The molecular weight excluding hydrogens is 402 g/mol. The number of benzene rings is 1. The van der Waals surface area contributed by atoms with Crippen LogP contribution in [0.3, 0.4) is 0 Å². The summed E-state index contributed by atoms with van der Waals surface area (Å²) in [6.45, 7) is 3.27. The molecule has 11 heteroatoms. The number of carbonyl (C=O) groups excluding carboxylic acids is 2. The molecule has 1 aromatic rings. The lowest BCUT2D eigenvalue weighted by Gasteiger charge is -2.34. The number of rotatable bonds is 6. The molecule has 0 atom stereocenters. The van der Waals surface area contributed by atoms with E-state index in [1.807, 2.05) is 0 Å². The van der Waals surface area contributed by atoms with E-state index in [2.05, 4.69) is 0 Å². The van der Waals surface area contributed by atoms with Gasteiger partial charge in [0.25, 0.3) is 5.91 Å². The van der Waals surface area contributed by atoms with Crippen molar-refractivity contribution in [3.63, 3.8) is 0 Å². The third kappa shape index (κ3) is 5.03. The number of anilines is 1. The van der Waals surface area contributed by atoms with Crippen molar-refractivity contribution < 1.29 is 32.2 Å². The molecule has 29 heavy (non-hydrogen) atoms. The molecule has 0 N–H and O–H groups in total. The Morgan fingerprint density at radius 3 is 2.03 bits per heavy atom. The van der Waals surface area contributed by atoms with Gasteiger partial charge in [-0.25, -0.2) is 13.2 Å². The zero-order valence-electron chi connectivity index (χ0n) is 17.3. The SMILES string of the molecule is CCOC(=O)N1CCN(C(=O)c2cc(OC)c(OC)cc2N(C)S(C)(=O)=O)CC1. The first-order chi connectivity index (χ1) is 13.6. The minimum Gasteiger partial charge on any atom is -0.493 e. The first kappa shape index (κ1) is 22.6. The Balaban J connectivity index is 2.35. The van der Waals surface area contributed by atoms with E-state index in [0.717, 1.165) is 10.6 Å². The minimum atomic E-state index is -3.62. The standard InChI is InChI=1S/C18H27N3O7S/c1-6-28-18(23)21-9-7-20(8-10-21)17(22)13-11-15(26-3)16(27-4)12-14(13)19(2)29(5,24)25/h11-12H,6-10H2,1-5H3. The predicted octanol–water partition coefficient (Wildman–Crippen LogP) is 1.01. The van der Waals surface area contributed by atoms with Crippen LogP contribution in [0.25, 0.3) is 0 Å². The molecule has 0 saturated carbocycles. The Kier molecular flexibility index (Phi) is 7.17. The lowest BCUT2D eigenvalue weighted by atomic mass is 10.1. The molecule has 0 bridgehead atoms. The van der Waals surface area contributed by atoms with Crippen LogP contribution in [-0.4, -0.2) is 90.5 Å². The van der Waals surface area contributed by atoms with Crippen LogP contribution < -0.4 is 13.8 Å². The first-order valence-corrected chi connectivity index (χ1v) is 10.9. The first-order valence-electron chi connectivity index (χ1n) is 9.04. The van der Waals surface area contributed by atoms with Crippen LogP contribution in [0.5, 0.6) is 11.5 Å². The summed E-state index contributed by atoms with van der Waals surface area (Å²) in [5, 5.41) is 0. The molecule has 0 unspecified atom stereocenters. The highest BCUT2D eigenvalue weighted by atomic mass is 32.2. The summed E-state index contributed by atoms with van der Waals surface area (Å²) in [5.41, 5.74) is 0.350. The molecule has 0 aromatic heterocycles. The molecule has 10 nitrogen and oxygen atoms in total. The Morgan fingerprint density at radius 1 is 1.03 bits per heavy atom. The van der Waals surface area contributed by atoms with E-state index in [1.165, 1.54) is 38.3 Å². The van der Waals surface area contributed by atoms with Crippen molar-refractivity contribution in [1.82, 2.24) is 9.80 Å². The van der Waals surface area contributed by atoms with Crippen LogP contribution in [0.1, 0.15) is 17.3 Å². The van der Waals surface area contributed by atoms with E-state index in [0.29, 0.717) is 37.7 Å². The molecule has 1 saturated heterocycles. The van der Waals surface area contributed by atoms with E-state index in [4.69, 9.17) is 14.2 Å². The van der Waals surface area contributed by atoms with E-state index in [-0.39, 0.29) is 23.8 Å². The van der Waals surface area contributed by atoms with Gasteiger partial charge in [0, 0.05) is 39.3 Å². The number of ether oxygens (including phenoxy) is 3. The molecule has 1 heterocycles. The van der Waals surface area contributed by atoms with Gasteiger partial charge in [-0.3, -0.25) is 9.10 Å². The van der Waals surface area contributed by atoms with E-state index >= 15 is 0 Å². The highest BCUT2D eigenvalue weighted by molar-refractivity contribution is 7.92. The maximum atomic E-state index is 13.2. The van der Waals surface area contributed by atoms with Crippen molar-refractivity contribution in [2.45, 2.75) is 6.92 Å². The van der Waals surface area contributed by atoms with Gasteiger partial charge < -0.3 is 24.0 Å². The number of methoxy groups -OCH3 is 2. The monoisotopic (exact) mass is 429 g/mol. The Hall–Kier alpha value is -2.69. The number of nitrogens with zero attached hydrogens (tertiary/aromatic N) is 3. The summed E-state index contributed by atoms with van der Waals surface area (Å²) in [7, 11) is 0.614. The van der Waals surface area contributed by atoms with E-state index < -0.39 is 16.1 Å². The number of carbonyl (C=O) groups is 2. The second-order valence-electron chi connectivity index (χ2n) is 6.43. The smallest absolute Gasteiger partial charge is 0.409 e. The van der Waals surface area contributed by atoms with E-state index in [9.17, 15) is 18.0 Å². The zero-order valence-corrected chi connectivity index (χ0v) is 18.1. The minimum absolute atomic E-state index is 0.167. The van der Waals surface area contributed by atoms with Crippen molar-refractivity contribution in [3.05, 3.63) is 17.7 Å². The third-order valence-electron chi connectivity index (χ3n) is 4.66. The zero-order chi connectivity index (χ0) is 21.8. The maximum Gasteiger partial charge on any atom is 0.409 e. The molecule has 0 spiro atoms. The number of sulfonamides is 1. The summed E-state index contributed by atoms with van der Waals surface area (Å²) < 4.78 is 40.7. The van der Waals surface area contributed by atoms with Crippen LogP contribution in [0, 0.1) is 0 Å². The fourth-order valence-corrected chi connectivity index (χ4v) is 3.46. The molecule has 162 valence electrons. The van der Waals surface area contributed by atoms with Crippen molar-refractivity contribution in [3.8, 4) is 11.5 Å². The van der Waals surface area contributed by atoms with Crippen molar-refractivity contribution >= 4 is 27.7 Å².